The lowest BCUT2D eigenvalue weighted by Crippen LogP contribution is -2.40. The smallest absolute Gasteiger partial charge is 0.134 e. The number of likely N-dealkylation sites (tertiary alicyclic amines) is 1. The molecule has 1 N–H and O–H groups in total. The Morgan fingerprint density at radius 2 is 2.06 bits per heavy atom. The topological polar surface area (TPSA) is 28.4 Å². The zero-order valence-corrected chi connectivity index (χ0v) is 10.9. The zero-order chi connectivity index (χ0) is 12.4. The maximum absolute atomic E-state index is 5.56. The van der Waals surface area contributed by atoms with Crippen molar-refractivity contribution < 1.29 is 4.42 Å². The summed E-state index contributed by atoms with van der Waals surface area (Å²) in [6.45, 7) is 3.30. The summed E-state index contributed by atoms with van der Waals surface area (Å²) >= 11 is 0. The lowest BCUT2D eigenvalue weighted by atomic mass is 10.1. The van der Waals surface area contributed by atoms with Gasteiger partial charge >= 0.3 is 0 Å². The molecule has 0 aliphatic carbocycles. The molecular formula is C15H20N2O. The Morgan fingerprint density at radius 3 is 2.89 bits per heavy atom. The average Bonchev–Trinajstić information content (AvgIpc) is 2.82. The molecule has 18 heavy (non-hydrogen) atoms. The second-order valence-electron chi connectivity index (χ2n) is 5.22. The molecule has 1 fully saturated rings. The van der Waals surface area contributed by atoms with E-state index in [1.54, 1.807) is 0 Å². The minimum Gasteiger partial charge on any atom is -0.464 e. The number of nitrogens with zero attached hydrogens (tertiary/aromatic N) is 1. The van der Waals surface area contributed by atoms with Gasteiger partial charge in [-0.2, -0.15) is 0 Å². The summed E-state index contributed by atoms with van der Waals surface area (Å²) in [5.74, 6) is 0. The van der Waals surface area contributed by atoms with Crippen molar-refractivity contribution in [3.8, 4) is 0 Å². The predicted octanol–water partition coefficient (Wildman–Crippen LogP) is 2.62. The third kappa shape index (κ3) is 2.42. The first-order chi connectivity index (χ1) is 8.83. The largest absolute Gasteiger partial charge is 0.464 e. The van der Waals surface area contributed by atoms with Crippen LogP contribution < -0.4 is 5.32 Å². The van der Waals surface area contributed by atoms with Gasteiger partial charge in [-0.3, -0.25) is 0 Å². The number of benzene rings is 1. The van der Waals surface area contributed by atoms with Crippen LogP contribution in [-0.2, 0) is 6.54 Å². The Labute approximate surface area is 108 Å². The minimum atomic E-state index is 0.648. The fourth-order valence-electron chi connectivity index (χ4n) is 2.64. The molecule has 0 saturated carbocycles. The van der Waals surface area contributed by atoms with Crippen LogP contribution in [0.2, 0.25) is 0 Å². The first-order valence-corrected chi connectivity index (χ1v) is 6.70. The molecule has 3 nitrogen and oxygen atoms in total. The highest BCUT2D eigenvalue weighted by Crippen LogP contribution is 2.21. The maximum atomic E-state index is 5.56. The van der Waals surface area contributed by atoms with Gasteiger partial charge in [0.1, 0.15) is 5.58 Å². The first kappa shape index (κ1) is 11.8. The molecule has 1 aromatic carbocycles. The van der Waals surface area contributed by atoms with E-state index in [1.807, 2.05) is 18.4 Å². The third-order valence-electron chi connectivity index (χ3n) is 3.86. The second-order valence-corrected chi connectivity index (χ2v) is 5.22. The van der Waals surface area contributed by atoms with Gasteiger partial charge in [0.25, 0.3) is 0 Å². The van der Waals surface area contributed by atoms with Gasteiger partial charge in [-0.1, -0.05) is 18.2 Å². The van der Waals surface area contributed by atoms with Gasteiger partial charge in [-0.15, -0.1) is 0 Å². The number of rotatable bonds is 3. The van der Waals surface area contributed by atoms with Gasteiger partial charge in [0.15, 0.2) is 0 Å². The van der Waals surface area contributed by atoms with Gasteiger partial charge in [-0.25, -0.2) is 0 Å². The van der Waals surface area contributed by atoms with E-state index in [9.17, 15) is 0 Å². The number of piperidine rings is 1. The lowest BCUT2D eigenvalue weighted by molar-refractivity contribution is 0.234. The van der Waals surface area contributed by atoms with E-state index in [4.69, 9.17) is 4.42 Å². The molecule has 1 aliphatic heterocycles. The van der Waals surface area contributed by atoms with Crippen molar-refractivity contribution in [1.82, 2.24) is 10.2 Å². The van der Waals surface area contributed by atoms with E-state index in [1.165, 1.54) is 36.9 Å². The van der Waals surface area contributed by atoms with Crippen LogP contribution in [0.5, 0.6) is 0 Å². The van der Waals surface area contributed by atoms with E-state index in [0.717, 1.165) is 12.1 Å². The highest BCUT2D eigenvalue weighted by molar-refractivity contribution is 5.80. The second kappa shape index (κ2) is 5.12. The average molecular weight is 244 g/mol. The molecule has 3 heteroatoms. The summed E-state index contributed by atoms with van der Waals surface area (Å²) in [6.07, 6.45) is 4.37. The Balaban J connectivity index is 1.63. The van der Waals surface area contributed by atoms with Crippen LogP contribution in [0.3, 0.4) is 0 Å². The van der Waals surface area contributed by atoms with E-state index < -0.39 is 0 Å². The Bertz CT molecular complexity index is 512. The van der Waals surface area contributed by atoms with Crippen molar-refractivity contribution in [3.05, 3.63) is 36.1 Å². The Morgan fingerprint density at radius 1 is 1.28 bits per heavy atom. The fourth-order valence-corrected chi connectivity index (χ4v) is 2.64. The molecule has 1 aliphatic rings. The van der Waals surface area contributed by atoms with E-state index >= 15 is 0 Å². The summed E-state index contributed by atoms with van der Waals surface area (Å²) in [6, 6.07) is 8.88. The molecular weight excluding hydrogens is 224 g/mol. The van der Waals surface area contributed by atoms with Crippen molar-refractivity contribution >= 4 is 11.0 Å². The van der Waals surface area contributed by atoms with Gasteiger partial charge in [0.05, 0.1) is 6.26 Å². The van der Waals surface area contributed by atoms with E-state index in [-0.39, 0.29) is 0 Å². The molecule has 0 amide bonds. The SMILES string of the molecule is CN1CCC(NCc2coc3ccccc23)CC1. The van der Waals surface area contributed by atoms with Crippen LogP contribution in [0, 0.1) is 0 Å². The summed E-state index contributed by atoms with van der Waals surface area (Å²) in [7, 11) is 2.19. The summed E-state index contributed by atoms with van der Waals surface area (Å²) in [5.41, 5.74) is 2.25. The minimum absolute atomic E-state index is 0.648. The van der Waals surface area contributed by atoms with Gasteiger partial charge in [0, 0.05) is 23.5 Å². The molecule has 2 aromatic rings. The monoisotopic (exact) mass is 244 g/mol. The van der Waals surface area contributed by atoms with Crippen molar-refractivity contribution in [2.24, 2.45) is 0 Å². The van der Waals surface area contributed by atoms with E-state index in [2.05, 4.69) is 29.4 Å². The zero-order valence-electron chi connectivity index (χ0n) is 10.9. The number of nitrogens with one attached hydrogen (secondary N) is 1. The maximum Gasteiger partial charge on any atom is 0.134 e. The van der Waals surface area contributed by atoms with Gasteiger partial charge in [-0.05, 0) is 39.0 Å². The predicted molar refractivity (Wildman–Crippen MR) is 73.6 cm³/mol. The van der Waals surface area contributed by atoms with Crippen LogP contribution in [0.4, 0.5) is 0 Å². The normalized spacial score (nSPS) is 18.5. The third-order valence-corrected chi connectivity index (χ3v) is 3.86. The highest BCUT2D eigenvalue weighted by Gasteiger charge is 2.16. The standard InChI is InChI=1S/C15H20N2O/c1-17-8-6-13(7-9-17)16-10-12-11-18-15-5-3-2-4-14(12)15/h2-5,11,13,16H,6-10H2,1H3. The van der Waals surface area contributed by atoms with Crippen LogP contribution >= 0.6 is 0 Å². The molecule has 0 bridgehead atoms. The first-order valence-electron chi connectivity index (χ1n) is 6.70. The van der Waals surface area contributed by atoms with Crippen molar-refractivity contribution in [2.75, 3.05) is 20.1 Å². The number of para-hydroxylation sites is 1. The summed E-state index contributed by atoms with van der Waals surface area (Å²) in [5, 5.41) is 4.88. The Hall–Kier alpha value is -1.32. The number of furan rings is 1. The fraction of sp³-hybridized carbons (Fsp3) is 0.467. The highest BCUT2D eigenvalue weighted by atomic mass is 16.3. The molecule has 0 radical (unpaired) electrons. The molecule has 3 rings (SSSR count). The van der Waals surface area contributed by atoms with Crippen molar-refractivity contribution in [2.45, 2.75) is 25.4 Å². The number of hydrogen-bond donors (Lipinski definition) is 1. The quantitative estimate of drug-likeness (QED) is 0.899. The number of hydrogen-bond acceptors (Lipinski definition) is 3. The van der Waals surface area contributed by atoms with Gasteiger partial charge < -0.3 is 14.6 Å². The van der Waals surface area contributed by atoms with Crippen molar-refractivity contribution in [1.29, 1.82) is 0 Å². The molecule has 1 aromatic heterocycles. The molecule has 1 saturated heterocycles. The summed E-state index contributed by atoms with van der Waals surface area (Å²) < 4.78 is 5.56. The molecule has 96 valence electrons. The van der Waals surface area contributed by atoms with Crippen LogP contribution in [0.15, 0.2) is 34.9 Å². The lowest BCUT2D eigenvalue weighted by Gasteiger charge is -2.29. The molecule has 0 unspecified atom stereocenters. The molecule has 0 atom stereocenters. The number of fused-ring (bicyclic) bond motifs is 1. The van der Waals surface area contributed by atoms with E-state index in [0.29, 0.717) is 6.04 Å². The van der Waals surface area contributed by atoms with Crippen LogP contribution in [0.25, 0.3) is 11.0 Å². The Kier molecular flexibility index (Phi) is 3.35. The molecule has 0 spiro atoms. The summed E-state index contributed by atoms with van der Waals surface area (Å²) in [4.78, 5) is 2.39. The van der Waals surface area contributed by atoms with Crippen LogP contribution in [0.1, 0.15) is 18.4 Å². The van der Waals surface area contributed by atoms with Gasteiger partial charge in [0.2, 0.25) is 0 Å². The van der Waals surface area contributed by atoms with Crippen molar-refractivity contribution in [3.63, 3.8) is 0 Å². The van der Waals surface area contributed by atoms with Crippen LogP contribution in [-0.4, -0.2) is 31.1 Å². The molecule has 2 heterocycles.